The first-order valence-corrected chi connectivity index (χ1v) is 7.65. The van der Waals surface area contributed by atoms with Crippen molar-refractivity contribution in [2.75, 3.05) is 6.54 Å². The Hall–Kier alpha value is -0.610. The van der Waals surface area contributed by atoms with Crippen molar-refractivity contribution in [1.29, 1.82) is 0 Å². The third-order valence-electron chi connectivity index (χ3n) is 3.61. The quantitative estimate of drug-likeness (QED) is 0.907. The van der Waals surface area contributed by atoms with Crippen LogP contribution in [0.2, 0.25) is 0 Å². The predicted octanol–water partition coefficient (Wildman–Crippen LogP) is 3.13. The van der Waals surface area contributed by atoms with Gasteiger partial charge in [-0.05, 0) is 31.2 Å². The lowest BCUT2D eigenvalue weighted by molar-refractivity contribution is 0.215. The summed E-state index contributed by atoms with van der Waals surface area (Å²) in [5.41, 5.74) is 0.450. The molecule has 0 spiro atoms. The van der Waals surface area contributed by atoms with Crippen molar-refractivity contribution in [3.05, 3.63) is 18.6 Å². The van der Waals surface area contributed by atoms with Crippen LogP contribution in [0.1, 0.15) is 40.0 Å². The summed E-state index contributed by atoms with van der Waals surface area (Å²) in [5.74, 6) is 0. The van der Waals surface area contributed by atoms with Crippen LogP contribution < -0.4 is 5.32 Å². The molecule has 1 aromatic rings. The first kappa shape index (κ1) is 13.8. The Balaban J connectivity index is 2.05. The lowest BCUT2D eigenvalue weighted by Crippen LogP contribution is -2.44. The molecular formula is C14H23N3S. The molecule has 3 nitrogen and oxygen atoms in total. The Bertz CT molecular complexity index is 367. The molecule has 1 fully saturated rings. The number of nitrogens with one attached hydrogen (secondary N) is 1. The third-order valence-corrected chi connectivity index (χ3v) is 4.86. The van der Waals surface area contributed by atoms with Gasteiger partial charge in [0.25, 0.3) is 0 Å². The van der Waals surface area contributed by atoms with Crippen molar-refractivity contribution in [3.8, 4) is 0 Å². The molecule has 0 aliphatic heterocycles. The van der Waals surface area contributed by atoms with Crippen LogP contribution in [0.5, 0.6) is 0 Å². The van der Waals surface area contributed by atoms with Crippen molar-refractivity contribution in [2.24, 2.45) is 5.41 Å². The summed E-state index contributed by atoms with van der Waals surface area (Å²) >= 11 is 1.88. The maximum atomic E-state index is 4.39. The van der Waals surface area contributed by atoms with Gasteiger partial charge in [0.2, 0.25) is 0 Å². The van der Waals surface area contributed by atoms with E-state index in [2.05, 4.69) is 36.1 Å². The summed E-state index contributed by atoms with van der Waals surface area (Å²) in [4.78, 5) is 8.54. The van der Waals surface area contributed by atoms with E-state index in [4.69, 9.17) is 0 Å². The largest absolute Gasteiger partial charge is 0.313 e. The van der Waals surface area contributed by atoms with Gasteiger partial charge < -0.3 is 5.32 Å². The number of aromatic nitrogens is 2. The van der Waals surface area contributed by atoms with Gasteiger partial charge in [0, 0.05) is 23.7 Å². The molecule has 4 heteroatoms. The molecule has 0 aromatic carbocycles. The van der Waals surface area contributed by atoms with Crippen molar-refractivity contribution < 1.29 is 0 Å². The Morgan fingerprint density at radius 3 is 2.94 bits per heavy atom. The minimum Gasteiger partial charge on any atom is -0.313 e. The summed E-state index contributed by atoms with van der Waals surface area (Å²) in [5, 5.41) is 5.27. The second-order valence-corrected chi connectivity index (χ2v) is 7.03. The zero-order valence-electron chi connectivity index (χ0n) is 11.5. The van der Waals surface area contributed by atoms with Crippen LogP contribution in [0, 0.1) is 5.41 Å². The zero-order valence-corrected chi connectivity index (χ0v) is 12.3. The van der Waals surface area contributed by atoms with E-state index in [0.29, 0.717) is 16.7 Å². The molecule has 1 aromatic heterocycles. The molecule has 2 atom stereocenters. The fourth-order valence-corrected chi connectivity index (χ4v) is 4.13. The smallest absolute Gasteiger partial charge is 0.115 e. The van der Waals surface area contributed by atoms with E-state index in [1.165, 1.54) is 19.3 Å². The SMILES string of the molecule is CCNC1CCC(C)(C)CC1Sc1cnccn1. The zero-order chi connectivity index (χ0) is 13.0. The Morgan fingerprint density at radius 1 is 1.44 bits per heavy atom. The summed E-state index contributed by atoms with van der Waals surface area (Å²) in [6.45, 7) is 7.98. The Morgan fingerprint density at radius 2 is 2.28 bits per heavy atom. The van der Waals surface area contributed by atoms with Gasteiger partial charge in [-0.15, -0.1) is 0 Å². The lowest BCUT2D eigenvalue weighted by atomic mass is 9.75. The van der Waals surface area contributed by atoms with Crippen LogP contribution in [0.15, 0.2) is 23.6 Å². The van der Waals surface area contributed by atoms with Gasteiger partial charge in [-0.2, -0.15) is 0 Å². The van der Waals surface area contributed by atoms with E-state index >= 15 is 0 Å². The van der Waals surface area contributed by atoms with Gasteiger partial charge in [0.1, 0.15) is 5.03 Å². The fourth-order valence-electron chi connectivity index (χ4n) is 2.64. The van der Waals surface area contributed by atoms with E-state index in [-0.39, 0.29) is 0 Å². The van der Waals surface area contributed by atoms with E-state index in [0.717, 1.165) is 11.6 Å². The maximum Gasteiger partial charge on any atom is 0.115 e. The molecule has 1 aliphatic carbocycles. The lowest BCUT2D eigenvalue weighted by Gasteiger charge is -2.40. The topological polar surface area (TPSA) is 37.8 Å². The monoisotopic (exact) mass is 265 g/mol. The molecule has 1 N–H and O–H groups in total. The fraction of sp³-hybridized carbons (Fsp3) is 0.714. The second kappa shape index (κ2) is 6.02. The molecule has 0 saturated heterocycles. The molecule has 100 valence electrons. The highest BCUT2D eigenvalue weighted by molar-refractivity contribution is 7.99. The highest BCUT2D eigenvalue weighted by Gasteiger charge is 2.35. The van der Waals surface area contributed by atoms with E-state index in [1.807, 2.05) is 18.0 Å². The molecule has 18 heavy (non-hydrogen) atoms. The molecule has 0 bridgehead atoms. The molecule has 1 heterocycles. The number of hydrogen-bond donors (Lipinski definition) is 1. The number of hydrogen-bond acceptors (Lipinski definition) is 4. The van der Waals surface area contributed by atoms with Crippen LogP contribution in [0.4, 0.5) is 0 Å². The van der Waals surface area contributed by atoms with Gasteiger partial charge in [-0.25, -0.2) is 4.98 Å². The van der Waals surface area contributed by atoms with Crippen molar-refractivity contribution >= 4 is 11.8 Å². The first-order chi connectivity index (χ1) is 8.61. The highest BCUT2D eigenvalue weighted by Crippen LogP contribution is 2.42. The molecule has 1 aliphatic rings. The molecule has 2 rings (SSSR count). The number of rotatable bonds is 4. The average molecular weight is 265 g/mol. The summed E-state index contributed by atoms with van der Waals surface area (Å²) in [7, 11) is 0. The van der Waals surface area contributed by atoms with Crippen LogP contribution in [-0.4, -0.2) is 27.8 Å². The van der Waals surface area contributed by atoms with Gasteiger partial charge in [-0.1, -0.05) is 32.5 Å². The van der Waals surface area contributed by atoms with Gasteiger partial charge in [-0.3, -0.25) is 4.98 Å². The van der Waals surface area contributed by atoms with Crippen LogP contribution in [0.25, 0.3) is 0 Å². The molecule has 2 unspecified atom stereocenters. The Labute approximate surface area is 114 Å². The minimum absolute atomic E-state index is 0.450. The predicted molar refractivity (Wildman–Crippen MR) is 76.8 cm³/mol. The summed E-state index contributed by atoms with van der Waals surface area (Å²) < 4.78 is 0. The molecule has 0 amide bonds. The molecule has 0 radical (unpaired) electrons. The average Bonchev–Trinajstić information content (AvgIpc) is 2.34. The normalized spacial score (nSPS) is 27.1. The second-order valence-electron chi connectivity index (χ2n) is 5.77. The van der Waals surface area contributed by atoms with Crippen LogP contribution in [-0.2, 0) is 0 Å². The van der Waals surface area contributed by atoms with E-state index in [1.54, 1.807) is 12.4 Å². The van der Waals surface area contributed by atoms with Crippen molar-refractivity contribution in [2.45, 2.75) is 56.4 Å². The van der Waals surface area contributed by atoms with Gasteiger partial charge in [0.05, 0.1) is 6.20 Å². The summed E-state index contributed by atoms with van der Waals surface area (Å²) in [6, 6.07) is 0.607. The molecule has 1 saturated carbocycles. The van der Waals surface area contributed by atoms with E-state index < -0.39 is 0 Å². The standard InChI is InChI=1S/C14H23N3S/c1-4-16-11-5-6-14(2,3)9-12(11)18-13-10-15-7-8-17-13/h7-8,10-12,16H,4-6,9H2,1-3H3. The van der Waals surface area contributed by atoms with E-state index in [9.17, 15) is 0 Å². The third kappa shape index (κ3) is 3.69. The summed E-state index contributed by atoms with van der Waals surface area (Å²) in [6.07, 6.45) is 9.19. The van der Waals surface area contributed by atoms with Crippen LogP contribution >= 0.6 is 11.8 Å². The van der Waals surface area contributed by atoms with Crippen LogP contribution in [0.3, 0.4) is 0 Å². The van der Waals surface area contributed by atoms with Crippen molar-refractivity contribution in [1.82, 2.24) is 15.3 Å². The minimum atomic E-state index is 0.450. The van der Waals surface area contributed by atoms with Crippen molar-refractivity contribution in [3.63, 3.8) is 0 Å². The van der Waals surface area contributed by atoms with Gasteiger partial charge in [0.15, 0.2) is 0 Å². The first-order valence-electron chi connectivity index (χ1n) is 6.77. The molecular weight excluding hydrogens is 242 g/mol. The maximum absolute atomic E-state index is 4.39. The highest BCUT2D eigenvalue weighted by atomic mass is 32.2. The number of thioether (sulfide) groups is 1. The Kier molecular flexibility index (Phi) is 4.62. The van der Waals surface area contributed by atoms with Gasteiger partial charge >= 0.3 is 0 Å². The number of nitrogens with zero attached hydrogens (tertiary/aromatic N) is 2.